The fourth-order valence-corrected chi connectivity index (χ4v) is 1.54. The van der Waals surface area contributed by atoms with Gasteiger partial charge in [0.15, 0.2) is 0 Å². The quantitative estimate of drug-likeness (QED) is 0.866. The van der Waals surface area contributed by atoms with Gasteiger partial charge in [0.2, 0.25) is 5.82 Å². The van der Waals surface area contributed by atoms with Gasteiger partial charge in [0.25, 0.3) is 5.91 Å². The molecule has 2 aromatic rings. The number of aromatic amines is 1. The fourth-order valence-electron chi connectivity index (χ4n) is 1.54. The number of carbonyl (C=O) groups is 1. The Morgan fingerprint density at radius 3 is 2.65 bits per heavy atom. The molecule has 0 saturated carbocycles. The first kappa shape index (κ1) is 11.3. The lowest BCUT2D eigenvalue weighted by atomic mass is 10.2. The molecule has 17 heavy (non-hydrogen) atoms. The summed E-state index contributed by atoms with van der Waals surface area (Å²) in [4.78, 5) is 17.6. The Morgan fingerprint density at radius 2 is 2.06 bits per heavy atom. The van der Waals surface area contributed by atoms with Gasteiger partial charge in [0, 0.05) is 13.6 Å². The van der Waals surface area contributed by atoms with Crippen molar-refractivity contribution in [1.82, 2.24) is 20.1 Å². The summed E-state index contributed by atoms with van der Waals surface area (Å²) in [6.45, 7) is 2.31. The van der Waals surface area contributed by atoms with Gasteiger partial charge < -0.3 is 4.90 Å². The molecule has 0 saturated heterocycles. The Balaban J connectivity index is 2.06. The number of rotatable bonds is 3. The van der Waals surface area contributed by atoms with Crippen LogP contribution >= 0.6 is 0 Å². The summed E-state index contributed by atoms with van der Waals surface area (Å²) >= 11 is 0. The van der Waals surface area contributed by atoms with E-state index >= 15 is 0 Å². The van der Waals surface area contributed by atoms with Crippen LogP contribution in [0, 0.1) is 6.92 Å². The van der Waals surface area contributed by atoms with Crippen LogP contribution in [0.4, 0.5) is 0 Å². The highest BCUT2D eigenvalue weighted by atomic mass is 16.2. The van der Waals surface area contributed by atoms with Crippen molar-refractivity contribution in [2.75, 3.05) is 7.05 Å². The first-order valence-corrected chi connectivity index (χ1v) is 5.35. The van der Waals surface area contributed by atoms with Crippen LogP contribution < -0.4 is 0 Å². The van der Waals surface area contributed by atoms with E-state index < -0.39 is 0 Å². The minimum absolute atomic E-state index is 0.182. The first-order valence-electron chi connectivity index (χ1n) is 5.35. The summed E-state index contributed by atoms with van der Waals surface area (Å²) in [6.07, 6.45) is 0. The zero-order valence-corrected chi connectivity index (χ0v) is 9.84. The molecule has 2 rings (SSSR count). The van der Waals surface area contributed by atoms with Crippen molar-refractivity contribution in [3.8, 4) is 0 Å². The van der Waals surface area contributed by atoms with Crippen LogP contribution in [0.15, 0.2) is 30.3 Å². The van der Waals surface area contributed by atoms with E-state index in [0.717, 1.165) is 5.56 Å². The fraction of sp³-hybridized carbons (Fsp3) is 0.250. The number of aromatic nitrogens is 3. The van der Waals surface area contributed by atoms with Crippen LogP contribution in [-0.2, 0) is 6.54 Å². The number of hydrogen-bond acceptors (Lipinski definition) is 3. The maximum absolute atomic E-state index is 11.9. The van der Waals surface area contributed by atoms with Gasteiger partial charge in [0.1, 0.15) is 5.82 Å². The molecule has 1 aromatic heterocycles. The second kappa shape index (κ2) is 4.78. The Bertz CT molecular complexity index is 506. The largest absolute Gasteiger partial charge is 0.335 e. The van der Waals surface area contributed by atoms with Crippen LogP contribution in [0.5, 0.6) is 0 Å². The molecule has 1 heterocycles. The zero-order chi connectivity index (χ0) is 12.3. The van der Waals surface area contributed by atoms with E-state index in [-0.39, 0.29) is 11.7 Å². The van der Waals surface area contributed by atoms with Gasteiger partial charge in [-0.3, -0.25) is 9.89 Å². The van der Waals surface area contributed by atoms with Crippen LogP contribution in [-0.4, -0.2) is 33.0 Å². The van der Waals surface area contributed by atoms with Gasteiger partial charge in [-0.15, -0.1) is 5.10 Å². The third-order valence-electron chi connectivity index (χ3n) is 2.40. The monoisotopic (exact) mass is 230 g/mol. The van der Waals surface area contributed by atoms with Crippen molar-refractivity contribution < 1.29 is 4.79 Å². The molecule has 1 N–H and O–H groups in total. The molecule has 0 spiro atoms. The Morgan fingerprint density at radius 1 is 1.35 bits per heavy atom. The summed E-state index contributed by atoms with van der Waals surface area (Å²) < 4.78 is 0. The number of aryl methyl sites for hydroxylation is 1. The molecule has 1 aromatic carbocycles. The van der Waals surface area contributed by atoms with Crippen molar-refractivity contribution in [2.45, 2.75) is 13.5 Å². The summed E-state index contributed by atoms with van der Waals surface area (Å²) in [5.41, 5.74) is 1.08. The van der Waals surface area contributed by atoms with Crippen molar-refractivity contribution in [3.05, 3.63) is 47.5 Å². The first-order chi connectivity index (χ1) is 8.16. The molecule has 0 aliphatic rings. The maximum Gasteiger partial charge on any atom is 0.293 e. The van der Waals surface area contributed by atoms with Crippen LogP contribution in [0.3, 0.4) is 0 Å². The molecule has 88 valence electrons. The number of hydrogen-bond donors (Lipinski definition) is 1. The second-order valence-corrected chi connectivity index (χ2v) is 3.89. The summed E-state index contributed by atoms with van der Waals surface area (Å²) in [7, 11) is 1.74. The van der Waals surface area contributed by atoms with Crippen molar-refractivity contribution >= 4 is 5.91 Å². The molecular weight excluding hydrogens is 216 g/mol. The highest BCUT2D eigenvalue weighted by molar-refractivity contribution is 5.90. The number of H-pyrrole nitrogens is 1. The topological polar surface area (TPSA) is 61.9 Å². The third kappa shape index (κ3) is 2.69. The highest BCUT2D eigenvalue weighted by Crippen LogP contribution is 2.05. The van der Waals surface area contributed by atoms with Crippen LogP contribution in [0.25, 0.3) is 0 Å². The Kier molecular flexibility index (Phi) is 3.18. The molecule has 0 aliphatic heterocycles. The van der Waals surface area contributed by atoms with E-state index in [1.54, 1.807) is 18.9 Å². The lowest BCUT2D eigenvalue weighted by Gasteiger charge is -2.15. The second-order valence-electron chi connectivity index (χ2n) is 3.89. The predicted octanol–water partition coefficient (Wildman–Crippen LogP) is 1.39. The third-order valence-corrected chi connectivity index (χ3v) is 2.40. The van der Waals surface area contributed by atoms with E-state index in [9.17, 15) is 4.79 Å². The number of benzene rings is 1. The summed E-state index contributed by atoms with van der Waals surface area (Å²) in [5, 5.41) is 6.51. The van der Waals surface area contributed by atoms with Gasteiger partial charge >= 0.3 is 0 Å². The Hall–Kier alpha value is -2.17. The molecule has 0 radical (unpaired) electrons. The lowest BCUT2D eigenvalue weighted by molar-refractivity contribution is 0.0773. The van der Waals surface area contributed by atoms with Crippen LogP contribution in [0.1, 0.15) is 22.0 Å². The molecular formula is C12H14N4O. The van der Waals surface area contributed by atoms with Gasteiger partial charge in [-0.05, 0) is 12.5 Å². The van der Waals surface area contributed by atoms with E-state index in [2.05, 4.69) is 15.2 Å². The van der Waals surface area contributed by atoms with Crippen molar-refractivity contribution in [1.29, 1.82) is 0 Å². The van der Waals surface area contributed by atoms with Gasteiger partial charge in [-0.25, -0.2) is 4.98 Å². The molecule has 0 bridgehead atoms. The van der Waals surface area contributed by atoms with E-state index in [1.165, 1.54) is 0 Å². The van der Waals surface area contributed by atoms with Crippen molar-refractivity contribution in [2.24, 2.45) is 0 Å². The SMILES string of the molecule is Cc1nc(C(=O)N(C)Cc2ccccc2)n[nH]1. The van der Waals surface area contributed by atoms with Gasteiger partial charge in [0.05, 0.1) is 0 Å². The number of nitrogens with one attached hydrogen (secondary N) is 1. The highest BCUT2D eigenvalue weighted by Gasteiger charge is 2.16. The number of nitrogens with zero attached hydrogens (tertiary/aromatic N) is 3. The molecule has 0 unspecified atom stereocenters. The molecule has 5 heteroatoms. The smallest absolute Gasteiger partial charge is 0.293 e. The van der Waals surface area contributed by atoms with Gasteiger partial charge in [-0.1, -0.05) is 30.3 Å². The van der Waals surface area contributed by atoms with E-state index in [1.807, 2.05) is 30.3 Å². The Labute approximate surface area is 99.5 Å². The zero-order valence-electron chi connectivity index (χ0n) is 9.84. The van der Waals surface area contributed by atoms with E-state index in [0.29, 0.717) is 12.4 Å². The summed E-state index contributed by atoms with van der Waals surface area (Å²) in [5.74, 6) is 0.667. The normalized spacial score (nSPS) is 10.2. The summed E-state index contributed by atoms with van der Waals surface area (Å²) in [6, 6.07) is 9.80. The standard InChI is InChI=1S/C12H14N4O/c1-9-13-11(15-14-9)12(17)16(2)8-10-6-4-3-5-7-10/h3-7H,8H2,1-2H3,(H,13,14,15). The minimum atomic E-state index is -0.182. The predicted molar refractivity (Wildman–Crippen MR) is 63.4 cm³/mol. The van der Waals surface area contributed by atoms with Gasteiger partial charge in [-0.2, -0.15) is 0 Å². The van der Waals surface area contributed by atoms with E-state index in [4.69, 9.17) is 0 Å². The molecule has 5 nitrogen and oxygen atoms in total. The minimum Gasteiger partial charge on any atom is -0.335 e. The molecule has 0 fully saturated rings. The van der Waals surface area contributed by atoms with Crippen molar-refractivity contribution in [3.63, 3.8) is 0 Å². The van der Waals surface area contributed by atoms with Crippen LogP contribution in [0.2, 0.25) is 0 Å². The maximum atomic E-state index is 11.9. The molecule has 0 aliphatic carbocycles. The average Bonchev–Trinajstić information content (AvgIpc) is 2.76. The molecule has 1 amide bonds. The molecule has 0 atom stereocenters. The lowest BCUT2D eigenvalue weighted by Crippen LogP contribution is -2.27. The number of amides is 1. The average molecular weight is 230 g/mol. The number of carbonyl (C=O) groups excluding carboxylic acids is 1.